The van der Waals surface area contributed by atoms with E-state index in [0.717, 1.165) is 49.4 Å². The molecule has 0 amide bonds. The molecule has 35 heavy (non-hydrogen) atoms. The van der Waals surface area contributed by atoms with Gasteiger partial charge in [-0.2, -0.15) is 13.2 Å². The largest absolute Gasteiger partial charge is 0.416 e. The van der Waals surface area contributed by atoms with Gasteiger partial charge in [-0.1, -0.05) is 18.1 Å². The predicted octanol–water partition coefficient (Wildman–Crippen LogP) is 3.96. The molecule has 0 bridgehead atoms. The van der Waals surface area contributed by atoms with E-state index in [4.69, 9.17) is 10.7 Å². The predicted molar refractivity (Wildman–Crippen MR) is 128 cm³/mol. The third-order valence-corrected chi connectivity index (χ3v) is 6.27. The van der Waals surface area contributed by atoms with Crippen LogP contribution in [0.1, 0.15) is 36.3 Å². The number of nitrogens with zero attached hydrogens (tertiary/aromatic N) is 6. The Kier molecular flexibility index (Phi) is 5.94. The first-order chi connectivity index (χ1) is 16.8. The number of fused-ring (bicyclic) bond motifs is 1. The Morgan fingerprint density at radius 2 is 2.03 bits per heavy atom. The van der Waals surface area contributed by atoms with Crippen LogP contribution in [0.3, 0.4) is 0 Å². The molecule has 5 heterocycles. The van der Waals surface area contributed by atoms with Crippen LogP contribution in [0, 0.1) is 11.8 Å². The van der Waals surface area contributed by atoms with Gasteiger partial charge in [-0.3, -0.25) is 9.30 Å². The van der Waals surface area contributed by atoms with E-state index in [2.05, 4.69) is 26.7 Å². The molecule has 180 valence electrons. The normalized spacial score (nSPS) is 18.6. The van der Waals surface area contributed by atoms with Crippen LogP contribution in [0.15, 0.2) is 48.9 Å². The highest BCUT2D eigenvalue weighted by Crippen LogP contribution is 2.34. The molecule has 7 nitrogen and oxygen atoms in total. The van der Waals surface area contributed by atoms with Gasteiger partial charge in [0.2, 0.25) is 5.95 Å². The van der Waals surface area contributed by atoms with Crippen molar-refractivity contribution in [3.05, 3.63) is 66.0 Å². The maximum absolute atomic E-state index is 13.2. The Hall–Kier alpha value is -3.84. The summed E-state index contributed by atoms with van der Waals surface area (Å²) in [5.74, 6) is 7.38. The highest BCUT2D eigenvalue weighted by molar-refractivity contribution is 5.78. The second-order valence-corrected chi connectivity index (χ2v) is 8.53. The smallest absolute Gasteiger partial charge is 0.369 e. The van der Waals surface area contributed by atoms with Gasteiger partial charge in [0, 0.05) is 43.2 Å². The maximum atomic E-state index is 13.2. The molecule has 1 unspecified atom stereocenters. The number of halogens is 3. The van der Waals surface area contributed by atoms with Gasteiger partial charge in [0.1, 0.15) is 11.6 Å². The monoisotopic (exact) mass is 479 g/mol. The summed E-state index contributed by atoms with van der Waals surface area (Å²) in [6.45, 7) is 4.73. The zero-order valence-electron chi connectivity index (χ0n) is 19.1. The topological polar surface area (TPSA) is 75.6 Å². The maximum Gasteiger partial charge on any atom is 0.416 e. The van der Waals surface area contributed by atoms with Crippen molar-refractivity contribution in [3.8, 4) is 11.8 Å². The van der Waals surface area contributed by atoms with E-state index >= 15 is 0 Å². The molecule has 0 saturated carbocycles. The summed E-state index contributed by atoms with van der Waals surface area (Å²) >= 11 is 0. The molecule has 2 aliphatic heterocycles. The Morgan fingerprint density at radius 1 is 1.20 bits per heavy atom. The minimum Gasteiger partial charge on any atom is -0.369 e. The number of anilines is 2. The van der Waals surface area contributed by atoms with Crippen LogP contribution in [0.2, 0.25) is 0 Å². The fraction of sp³-hybridized carbons (Fsp3) is 0.320. The van der Waals surface area contributed by atoms with E-state index in [9.17, 15) is 13.2 Å². The van der Waals surface area contributed by atoms with Crippen LogP contribution in [0.25, 0.3) is 11.1 Å². The van der Waals surface area contributed by atoms with Gasteiger partial charge in [0.05, 0.1) is 23.3 Å². The van der Waals surface area contributed by atoms with Crippen molar-refractivity contribution in [2.45, 2.75) is 25.4 Å². The summed E-state index contributed by atoms with van der Waals surface area (Å²) in [6, 6.07) is 3.91. The van der Waals surface area contributed by atoms with E-state index < -0.39 is 11.7 Å². The number of imidazole rings is 1. The summed E-state index contributed by atoms with van der Waals surface area (Å²) in [5.41, 5.74) is 8.05. The van der Waals surface area contributed by atoms with Gasteiger partial charge in [-0.15, -0.1) is 5.92 Å². The fourth-order valence-corrected chi connectivity index (χ4v) is 4.57. The Morgan fingerprint density at radius 3 is 2.83 bits per heavy atom. The number of hydrogen-bond donors (Lipinski definition) is 1. The Labute approximate surface area is 200 Å². The van der Waals surface area contributed by atoms with Gasteiger partial charge >= 0.3 is 6.18 Å². The lowest BCUT2D eigenvalue weighted by molar-refractivity contribution is -0.137. The average Bonchev–Trinajstić information content (AvgIpc) is 3.48. The highest BCUT2D eigenvalue weighted by atomic mass is 19.4. The van der Waals surface area contributed by atoms with Crippen LogP contribution >= 0.6 is 0 Å². The van der Waals surface area contributed by atoms with Crippen molar-refractivity contribution in [3.63, 3.8) is 0 Å². The molecule has 0 aromatic carbocycles. The lowest BCUT2D eigenvalue weighted by Crippen LogP contribution is -2.21. The molecule has 3 aromatic rings. The summed E-state index contributed by atoms with van der Waals surface area (Å²) in [5, 5.41) is 0. The third kappa shape index (κ3) is 4.47. The minimum absolute atomic E-state index is 0.206. The third-order valence-electron chi connectivity index (χ3n) is 6.27. The summed E-state index contributed by atoms with van der Waals surface area (Å²) in [7, 11) is 0. The zero-order chi connectivity index (χ0) is 24.6. The van der Waals surface area contributed by atoms with E-state index in [0.29, 0.717) is 23.9 Å². The zero-order valence-corrected chi connectivity index (χ0v) is 19.1. The van der Waals surface area contributed by atoms with Crippen LogP contribution in [-0.2, 0) is 6.18 Å². The van der Waals surface area contributed by atoms with Crippen LogP contribution < -0.4 is 10.6 Å². The van der Waals surface area contributed by atoms with E-state index in [1.807, 2.05) is 29.5 Å². The second-order valence-electron chi connectivity index (χ2n) is 8.53. The lowest BCUT2D eigenvalue weighted by Gasteiger charge is -2.22. The number of likely N-dealkylation sites (tertiary alicyclic amines) is 1. The molecule has 3 aromatic heterocycles. The van der Waals surface area contributed by atoms with E-state index in [-0.39, 0.29) is 11.7 Å². The summed E-state index contributed by atoms with van der Waals surface area (Å²) < 4.78 is 41.5. The number of nitrogens with two attached hydrogens (primary N) is 1. The van der Waals surface area contributed by atoms with Crippen molar-refractivity contribution < 1.29 is 13.2 Å². The van der Waals surface area contributed by atoms with Crippen molar-refractivity contribution in [1.82, 2.24) is 24.3 Å². The van der Waals surface area contributed by atoms with Crippen molar-refractivity contribution in [1.29, 1.82) is 0 Å². The molecule has 1 saturated heterocycles. The summed E-state index contributed by atoms with van der Waals surface area (Å²) in [4.78, 5) is 17.4. The molecule has 10 heteroatoms. The molecule has 2 N–H and O–H groups in total. The van der Waals surface area contributed by atoms with E-state index in [1.165, 1.54) is 6.20 Å². The van der Waals surface area contributed by atoms with E-state index in [1.54, 1.807) is 17.3 Å². The number of pyridine rings is 1. The number of hydrogen-bond acceptors (Lipinski definition) is 6. The molecule has 5 rings (SSSR count). The van der Waals surface area contributed by atoms with Gasteiger partial charge in [-0.05, 0) is 38.1 Å². The molecule has 2 aliphatic rings. The number of allylic oxidation sites excluding steroid dienone is 2. The standard InChI is InChI=1S/C25H24F3N7/c1-2-3-11-33-13-8-17(15-33)22-20-7-10-31-24(29)35(20)23(32-22)18-5-4-12-34(16-18)21-14-19(6-9-30-21)25(26,27)28/h4-7,9-10,14,16-17H,8,11-13,15H2,1H3,(H2,29,31). The van der Waals surface area contributed by atoms with Crippen molar-refractivity contribution >= 4 is 22.9 Å². The number of nitrogen functional groups attached to an aromatic ring is 1. The molecule has 1 fully saturated rings. The fourth-order valence-electron chi connectivity index (χ4n) is 4.57. The molecule has 0 radical (unpaired) electrons. The van der Waals surface area contributed by atoms with Crippen molar-refractivity contribution in [2.24, 2.45) is 0 Å². The van der Waals surface area contributed by atoms with Crippen molar-refractivity contribution in [2.75, 3.05) is 36.8 Å². The van der Waals surface area contributed by atoms with Gasteiger partial charge in [0.15, 0.2) is 0 Å². The highest BCUT2D eigenvalue weighted by Gasteiger charge is 2.32. The SMILES string of the molecule is CC#CCN1CCC(c2nc(C3=CN(c4cc(C(F)(F)F)ccn4)CC=C3)n3c(N)nccc23)C1. The van der Waals surface area contributed by atoms with Gasteiger partial charge in [-0.25, -0.2) is 15.0 Å². The molecular weight excluding hydrogens is 455 g/mol. The second kappa shape index (κ2) is 9.07. The molecule has 0 aliphatic carbocycles. The Balaban J connectivity index is 1.53. The number of alkyl halides is 3. The number of aromatic nitrogens is 4. The first-order valence-corrected chi connectivity index (χ1v) is 11.3. The Bertz CT molecular complexity index is 1380. The first kappa shape index (κ1) is 22.9. The summed E-state index contributed by atoms with van der Waals surface area (Å²) in [6.07, 6.45) is 4.86. The average molecular weight is 480 g/mol. The molecule has 0 spiro atoms. The van der Waals surface area contributed by atoms with Crippen LogP contribution in [0.4, 0.5) is 24.9 Å². The quantitative estimate of drug-likeness (QED) is 0.571. The lowest BCUT2D eigenvalue weighted by atomic mass is 10.0. The number of rotatable bonds is 4. The van der Waals surface area contributed by atoms with Gasteiger partial charge < -0.3 is 10.6 Å². The molecule has 1 atom stereocenters. The van der Waals surface area contributed by atoms with Crippen LogP contribution in [-0.4, -0.2) is 50.4 Å². The molecular formula is C25H24F3N7. The van der Waals surface area contributed by atoms with Crippen LogP contribution in [0.5, 0.6) is 0 Å². The minimum atomic E-state index is -4.44. The first-order valence-electron chi connectivity index (χ1n) is 11.3. The van der Waals surface area contributed by atoms with Gasteiger partial charge in [0.25, 0.3) is 0 Å².